The van der Waals surface area contributed by atoms with Crippen LogP contribution in [-0.2, 0) is 6.42 Å². The van der Waals surface area contributed by atoms with Crippen LogP contribution in [0, 0.1) is 0 Å². The Morgan fingerprint density at radius 1 is 0.944 bits per heavy atom. The zero-order valence-corrected chi connectivity index (χ0v) is 12.6. The monoisotopic (exact) mass is 344 g/mol. The molecule has 0 N–H and O–H groups in total. The number of alkyl halides is 1. The summed E-state index contributed by atoms with van der Waals surface area (Å²) >= 11 is 15.3. The number of halogens is 3. The van der Waals surface area contributed by atoms with Gasteiger partial charge in [0, 0.05) is 15.4 Å². The third kappa shape index (κ3) is 3.91. The zero-order chi connectivity index (χ0) is 13.0. The fraction of sp³-hybridized carbons (Fsp3) is 0.143. The van der Waals surface area contributed by atoms with Gasteiger partial charge in [-0.1, -0.05) is 51.3 Å². The number of aryl methyl sites for hydroxylation is 1. The van der Waals surface area contributed by atoms with E-state index >= 15 is 0 Å². The Morgan fingerprint density at radius 2 is 1.67 bits per heavy atom. The molecule has 18 heavy (non-hydrogen) atoms. The van der Waals surface area contributed by atoms with Crippen LogP contribution in [0.5, 0.6) is 11.5 Å². The van der Waals surface area contributed by atoms with Crippen LogP contribution < -0.4 is 4.74 Å². The zero-order valence-electron chi connectivity index (χ0n) is 9.50. The van der Waals surface area contributed by atoms with Crippen LogP contribution in [0.15, 0.2) is 42.5 Å². The summed E-state index contributed by atoms with van der Waals surface area (Å²) in [6.45, 7) is 0. The van der Waals surface area contributed by atoms with Gasteiger partial charge in [0.25, 0.3) is 0 Å². The summed E-state index contributed by atoms with van der Waals surface area (Å²) in [6.07, 6.45) is 0.966. The van der Waals surface area contributed by atoms with E-state index in [-0.39, 0.29) is 0 Å². The summed E-state index contributed by atoms with van der Waals surface area (Å²) in [5.41, 5.74) is 1.22. The third-order valence-corrected chi connectivity index (χ3v) is 3.19. The average Bonchev–Trinajstić information content (AvgIpc) is 2.28. The maximum atomic E-state index is 5.93. The molecule has 0 saturated heterocycles. The first-order valence-electron chi connectivity index (χ1n) is 5.46. The Kier molecular flexibility index (Phi) is 4.93. The highest BCUT2D eigenvalue weighted by Crippen LogP contribution is 2.28. The molecule has 2 aromatic rings. The fourth-order valence-electron chi connectivity index (χ4n) is 1.60. The van der Waals surface area contributed by atoms with Crippen molar-refractivity contribution in [2.75, 3.05) is 5.33 Å². The predicted octanol–water partition coefficient (Wildman–Crippen LogP) is 5.72. The maximum Gasteiger partial charge on any atom is 0.130 e. The van der Waals surface area contributed by atoms with E-state index in [4.69, 9.17) is 27.9 Å². The lowest BCUT2D eigenvalue weighted by molar-refractivity contribution is 0.482. The molecule has 0 amide bonds. The molecular weight excluding hydrogens is 335 g/mol. The summed E-state index contributed by atoms with van der Waals surface area (Å²) in [5, 5.41) is 2.06. The van der Waals surface area contributed by atoms with Crippen LogP contribution in [0.25, 0.3) is 0 Å². The van der Waals surface area contributed by atoms with E-state index < -0.39 is 0 Å². The Bertz CT molecular complexity index is 523. The van der Waals surface area contributed by atoms with Crippen LogP contribution >= 0.6 is 39.1 Å². The second kappa shape index (κ2) is 6.46. The van der Waals surface area contributed by atoms with E-state index in [2.05, 4.69) is 22.0 Å². The Balaban J connectivity index is 2.20. The number of benzene rings is 2. The minimum atomic E-state index is 0.564. The van der Waals surface area contributed by atoms with Crippen molar-refractivity contribution in [1.29, 1.82) is 0 Å². The second-order valence-electron chi connectivity index (χ2n) is 3.79. The molecule has 0 bridgehead atoms. The van der Waals surface area contributed by atoms with Crippen LogP contribution in [0.4, 0.5) is 0 Å². The van der Waals surface area contributed by atoms with Gasteiger partial charge in [0.15, 0.2) is 0 Å². The van der Waals surface area contributed by atoms with Gasteiger partial charge in [-0.25, -0.2) is 0 Å². The molecule has 0 aliphatic carbocycles. The normalized spacial score (nSPS) is 10.4. The Labute approximate surface area is 125 Å². The first kappa shape index (κ1) is 13.7. The first-order chi connectivity index (χ1) is 8.67. The summed E-state index contributed by atoms with van der Waals surface area (Å²) in [6, 6.07) is 13.1. The molecule has 0 unspecified atom stereocenters. The largest absolute Gasteiger partial charge is 0.457 e. The van der Waals surface area contributed by atoms with Gasteiger partial charge in [-0.15, -0.1) is 0 Å². The third-order valence-electron chi connectivity index (χ3n) is 2.35. The fourth-order valence-corrected chi connectivity index (χ4v) is 2.56. The lowest BCUT2D eigenvalue weighted by atomic mass is 10.2. The van der Waals surface area contributed by atoms with Crippen LogP contribution in [0.2, 0.25) is 10.0 Å². The van der Waals surface area contributed by atoms with Crippen LogP contribution in [0.3, 0.4) is 0 Å². The summed E-state index contributed by atoms with van der Waals surface area (Å²) < 4.78 is 5.74. The lowest BCUT2D eigenvalue weighted by Crippen LogP contribution is -1.88. The lowest BCUT2D eigenvalue weighted by Gasteiger charge is -2.08. The van der Waals surface area contributed by atoms with Crippen LogP contribution in [0.1, 0.15) is 5.56 Å². The number of ether oxygens (including phenoxy) is 1. The maximum absolute atomic E-state index is 5.93. The summed E-state index contributed by atoms with van der Waals surface area (Å²) in [4.78, 5) is 0. The van der Waals surface area contributed by atoms with Crippen molar-refractivity contribution in [3.63, 3.8) is 0 Å². The van der Waals surface area contributed by atoms with Gasteiger partial charge in [0.2, 0.25) is 0 Å². The Morgan fingerprint density at radius 3 is 2.33 bits per heavy atom. The van der Waals surface area contributed by atoms with E-state index in [0.29, 0.717) is 15.8 Å². The van der Waals surface area contributed by atoms with Crippen molar-refractivity contribution in [3.8, 4) is 11.5 Å². The van der Waals surface area contributed by atoms with Crippen molar-refractivity contribution in [2.45, 2.75) is 6.42 Å². The SMILES string of the molecule is Clc1cc(Cl)cc(Oc2cccc(CCBr)c2)c1. The topological polar surface area (TPSA) is 9.23 Å². The molecule has 0 aromatic heterocycles. The molecule has 0 atom stereocenters. The van der Waals surface area contributed by atoms with Gasteiger partial charge in [-0.2, -0.15) is 0 Å². The minimum Gasteiger partial charge on any atom is -0.457 e. The van der Waals surface area contributed by atoms with Gasteiger partial charge in [0.05, 0.1) is 0 Å². The first-order valence-corrected chi connectivity index (χ1v) is 7.34. The van der Waals surface area contributed by atoms with Gasteiger partial charge < -0.3 is 4.74 Å². The molecule has 0 aliphatic rings. The molecule has 0 saturated carbocycles. The molecule has 0 fully saturated rings. The minimum absolute atomic E-state index is 0.564. The average molecular weight is 346 g/mol. The molecule has 0 aliphatic heterocycles. The molecule has 0 radical (unpaired) electrons. The number of rotatable bonds is 4. The highest BCUT2D eigenvalue weighted by molar-refractivity contribution is 9.09. The highest BCUT2D eigenvalue weighted by atomic mass is 79.9. The van der Waals surface area contributed by atoms with E-state index in [9.17, 15) is 0 Å². The molecule has 0 heterocycles. The molecule has 1 nitrogen and oxygen atoms in total. The van der Waals surface area contributed by atoms with E-state index in [1.807, 2.05) is 18.2 Å². The molecular formula is C14H11BrCl2O. The van der Waals surface area contributed by atoms with Crippen molar-refractivity contribution >= 4 is 39.1 Å². The summed E-state index contributed by atoms with van der Waals surface area (Å²) in [5.74, 6) is 1.43. The van der Waals surface area contributed by atoms with Crippen molar-refractivity contribution in [3.05, 3.63) is 58.1 Å². The second-order valence-corrected chi connectivity index (χ2v) is 5.46. The Hall–Kier alpha value is -0.700. The van der Waals surface area contributed by atoms with Gasteiger partial charge >= 0.3 is 0 Å². The van der Waals surface area contributed by atoms with Crippen molar-refractivity contribution in [1.82, 2.24) is 0 Å². The number of hydrogen-bond acceptors (Lipinski definition) is 1. The molecule has 0 spiro atoms. The number of hydrogen-bond donors (Lipinski definition) is 0. The quantitative estimate of drug-likeness (QED) is 0.643. The van der Waals surface area contributed by atoms with E-state index in [1.165, 1.54) is 5.56 Å². The van der Waals surface area contributed by atoms with Crippen LogP contribution in [-0.4, -0.2) is 5.33 Å². The van der Waals surface area contributed by atoms with Gasteiger partial charge in [-0.3, -0.25) is 0 Å². The smallest absolute Gasteiger partial charge is 0.130 e. The van der Waals surface area contributed by atoms with Crippen molar-refractivity contribution in [2.24, 2.45) is 0 Å². The van der Waals surface area contributed by atoms with Gasteiger partial charge in [0.1, 0.15) is 11.5 Å². The highest BCUT2D eigenvalue weighted by Gasteiger charge is 2.02. The van der Waals surface area contributed by atoms with Crippen molar-refractivity contribution < 1.29 is 4.74 Å². The standard InChI is InChI=1S/C14H11BrCl2O/c15-5-4-10-2-1-3-13(6-10)18-14-8-11(16)7-12(17)9-14/h1-3,6-9H,4-5H2. The van der Waals surface area contributed by atoms with E-state index in [0.717, 1.165) is 17.5 Å². The molecule has 2 aromatic carbocycles. The van der Waals surface area contributed by atoms with E-state index in [1.54, 1.807) is 18.2 Å². The predicted molar refractivity (Wildman–Crippen MR) is 80.5 cm³/mol. The molecule has 4 heteroatoms. The molecule has 94 valence electrons. The molecule has 2 rings (SSSR count). The summed E-state index contributed by atoms with van der Waals surface area (Å²) in [7, 11) is 0. The van der Waals surface area contributed by atoms with Gasteiger partial charge in [-0.05, 0) is 42.3 Å².